The number of ether oxygens (including phenoxy) is 2. The van der Waals surface area contributed by atoms with E-state index >= 15 is 0 Å². The van der Waals surface area contributed by atoms with E-state index < -0.39 is 0 Å². The number of methoxy groups -OCH3 is 2. The fraction of sp³-hybridized carbons (Fsp3) is 0.286. The number of amides is 1. The van der Waals surface area contributed by atoms with Gasteiger partial charge in [-0.25, -0.2) is 5.10 Å². The minimum absolute atomic E-state index is 0.0835. The maximum Gasteiger partial charge on any atom is 0.275 e. The SMILES string of the molecule is COc1ccc([C@@H]2CCCN2C(=O)c2n[nH]c(=O)c3ccccc23)cc1OC. The Kier molecular flexibility index (Phi) is 4.73. The molecular formula is C21H21N3O4. The normalized spacial score (nSPS) is 16.4. The van der Waals surface area contributed by atoms with Crippen molar-refractivity contribution in [1.82, 2.24) is 15.1 Å². The molecule has 0 unspecified atom stereocenters. The average molecular weight is 379 g/mol. The minimum Gasteiger partial charge on any atom is -0.493 e. The molecule has 28 heavy (non-hydrogen) atoms. The van der Waals surface area contributed by atoms with Gasteiger partial charge in [-0.1, -0.05) is 24.3 Å². The summed E-state index contributed by atoms with van der Waals surface area (Å²) in [5.74, 6) is 1.09. The van der Waals surface area contributed by atoms with Crippen LogP contribution in [0.25, 0.3) is 10.8 Å². The number of rotatable bonds is 4. The molecule has 2 aromatic carbocycles. The fourth-order valence-electron chi connectivity index (χ4n) is 3.83. The van der Waals surface area contributed by atoms with E-state index in [0.29, 0.717) is 28.8 Å². The van der Waals surface area contributed by atoms with Crippen molar-refractivity contribution >= 4 is 16.7 Å². The summed E-state index contributed by atoms with van der Waals surface area (Å²) in [6.07, 6.45) is 1.74. The Morgan fingerprint density at radius 2 is 1.86 bits per heavy atom. The Hall–Kier alpha value is -3.35. The van der Waals surface area contributed by atoms with Crippen molar-refractivity contribution in [3.8, 4) is 11.5 Å². The number of nitrogens with zero attached hydrogens (tertiary/aromatic N) is 2. The summed E-state index contributed by atoms with van der Waals surface area (Å²) in [4.78, 5) is 27.2. The Morgan fingerprint density at radius 1 is 1.11 bits per heavy atom. The number of hydrogen-bond acceptors (Lipinski definition) is 5. The van der Waals surface area contributed by atoms with Crippen LogP contribution < -0.4 is 15.0 Å². The highest BCUT2D eigenvalue weighted by Gasteiger charge is 2.32. The molecule has 1 N–H and O–H groups in total. The lowest BCUT2D eigenvalue weighted by Crippen LogP contribution is -2.32. The lowest BCUT2D eigenvalue weighted by atomic mass is 10.0. The number of aromatic nitrogens is 2. The van der Waals surface area contributed by atoms with Gasteiger partial charge in [-0.05, 0) is 36.6 Å². The minimum atomic E-state index is -0.301. The molecule has 0 aliphatic carbocycles. The summed E-state index contributed by atoms with van der Waals surface area (Å²) < 4.78 is 10.7. The van der Waals surface area contributed by atoms with Crippen LogP contribution in [-0.2, 0) is 0 Å². The summed E-state index contributed by atoms with van der Waals surface area (Å²) in [7, 11) is 3.19. The third-order valence-corrected chi connectivity index (χ3v) is 5.20. The molecule has 0 bridgehead atoms. The summed E-state index contributed by atoms with van der Waals surface area (Å²) >= 11 is 0. The number of nitrogens with one attached hydrogen (secondary N) is 1. The van der Waals surface area contributed by atoms with Crippen molar-refractivity contribution in [2.75, 3.05) is 20.8 Å². The van der Waals surface area contributed by atoms with Crippen molar-refractivity contribution in [1.29, 1.82) is 0 Å². The van der Waals surface area contributed by atoms with Gasteiger partial charge in [0, 0.05) is 11.9 Å². The first kappa shape index (κ1) is 18.0. The number of carbonyl (C=O) groups excluding carboxylic acids is 1. The van der Waals surface area contributed by atoms with Crippen LogP contribution in [0.3, 0.4) is 0 Å². The van der Waals surface area contributed by atoms with Gasteiger partial charge in [0.1, 0.15) is 0 Å². The second-order valence-corrected chi connectivity index (χ2v) is 6.72. The zero-order valence-corrected chi connectivity index (χ0v) is 15.8. The maximum absolute atomic E-state index is 13.3. The molecule has 1 atom stereocenters. The number of aromatic amines is 1. The van der Waals surface area contributed by atoms with Crippen LogP contribution in [0.4, 0.5) is 0 Å². The predicted molar refractivity (Wildman–Crippen MR) is 105 cm³/mol. The largest absolute Gasteiger partial charge is 0.493 e. The summed E-state index contributed by atoms with van der Waals surface area (Å²) in [5, 5.41) is 7.54. The van der Waals surface area contributed by atoms with Crippen LogP contribution in [0.2, 0.25) is 0 Å². The van der Waals surface area contributed by atoms with Crippen molar-refractivity contribution < 1.29 is 14.3 Å². The van der Waals surface area contributed by atoms with Gasteiger partial charge >= 0.3 is 0 Å². The van der Waals surface area contributed by atoms with E-state index in [-0.39, 0.29) is 23.2 Å². The highest BCUT2D eigenvalue weighted by Crippen LogP contribution is 2.37. The van der Waals surface area contributed by atoms with Crippen LogP contribution in [-0.4, -0.2) is 41.8 Å². The smallest absolute Gasteiger partial charge is 0.275 e. The molecule has 0 radical (unpaired) electrons. The van der Waals surface area contributed by atoms with Gasteiger partial charge in [-0.15, -0.1) is 0 Å². The molecule has 1 amide bonds. The first-order chi connectivity index (χ1) is 13.6. The Bertz CT molecular complexity index is 1090. The quantitative estimate of drug-likeness (QED) is 0.753. The first-order valence-electron chi connectivity index (χ1n) is 9.14. The van der Waals surface area contributed by atoms with Crippen LogP contribution >= 0.6 is 0 Å². The highest BCUT2D eigenvalue weighted by molar-refractivity contribution is 6.04. The second kappa shape index (κ2) is 7.34. The van der Waals surface area contributed by atoms with Gasteiger partial charge < -0.3 is 14.4 Å². The van der Waals surface area contributed by atoms with Crippen LogP contribution in [0.5, 0.6) is 11.5 Å². The second-order valence-electron chi connectivity index (χ2n) is 6.72. The lowest BCUT2D eigenvalue weighted by molar-refractivity contribution is 0.0730. The molecule has 0 spiro atoms. The molecule has 4 rings (SSSR count). The monoisotopic (exact) mass is 379 g/mol. The van der Waals surface area contributed by atoms with Gasteiger partial charge in [-0.3, -0.25) is 9.59 Å². The van der Waals surface area contributed by atoms with Crippen molar-refractivity contribution in [2.45, 2.75) is 18.9 Å². The summed E-state index contributed by atoms with van der Waals surface area (Å²) in [5.41, 5.74) is 0.949. The Labute approximate surface area is 161 Å². The third-order valence-electron chi connectivity index (χ3n) is 5.20. The fourth-order valence-corrected chi connectivity index (χ4v) is 3.83. The van der Waals surface area contributed by atoms with Gasteiger partial charge in [0.15, 0.2) is 17.2 Å². The highest BCUT2D eigenvalue weighted by atomic mass is 16.5. The van der Waals surface area contributed by atoms with Crippen LogP contribution in [0, 0.1) is 0 Å². The molecule has 7 nitrogen and oxygen atoms in total. The van der Waals surface area contributed by atoms with Gasteiger partial charge in [0.2, 0.25) is 0 Å². The molecule has 1 aliphatic rings. The lowest BCUT2D eigenvalue weighted by Gasteiger charge is -2.25. The number of fused-ring (bicyclic) bond motifs is 1. The molecule has 144 valence electrons. The zero-order valence-electron chi connectivity index (χ0n) is 15.8. The molecular weight excluding hydrogens is 358 g/mol. The molecule has 2 heterocycles. The third kappa shape index (κ3) is 2.98. The van der Waals surface area contributed by atoms with Crippen molar-refractivity contribution in [3.63, 3.8) is 0 Å². The van der Waals surface area contributed by atoms with Gasteiger partial charge in [0.05, 0.1) is 25.6 Å². The van der Waals surface area contributed by atoms with E-state index in [1.807, 2.05) is 23.1 Å². The number of likely N-dealkylation sites (tertiary alicyclic amines) is 1. The Morgan fingerprint density at radius 3 is 2.61 bits per heavy atom. The van der Waals surface area contributed by atoms with Gasteiger partial charge in [-0.2, -0.15) is 5.10 Å². The van der Waals surface area contributed by atoms with Crippen LogP contribution in [0.1, 0.15) is 34.9 Å². The van der Waals surface area contributed by atoms with E-state index in [2.05, 4.69) is 10.2 Å². The molecule has 1 aliphatic heterocycles. The topological polar surface area (TPSA) is 84.5 Å². The average Bonchev–Trinajstić information content (AvgIpc) is 3.23. The van der Waals surface area contributed by atoms with Crippen molar-refractivity contribution in [3.05, 3.63) is 64.1 Å². The molecule has 1 aromatic heterocycles. The standard InChI is InChI=1S/C21H21N3O4/c1-27-17-10-9-13(12-18(17)28-2)16-8-5-11-24(16)21(26)19-14-6-3-4-7-15(14)20(25)23-22-19/h3-4,6-7,9-10,12,16H,5,8,11H2,1-2H3,(H,23,25)/t16-/m0/s1. The van der Waals surface area contributed by atoms with E-state index in [1.54, 1.807) is 38.5 Å². The molecule has 0 saturated carbocycles. The zero-order chi connectivity index (χ0) is 19.7. The molecule has 7 heteroatoms. The molecule has 1 saturated heterocycles. The number of hydrogen-bond donors (Lipinski definition) is 1. The number of benzene rings is 2. The summed E-state index contributed by atoms with van der Waals surface area (Å²) in [6.45, 7) is 0.632. The van der Waals surface area contributed by atoms with E-state index in [1.165, 1.54) is 0 Å². The first-order valence-corrected chi connectivity index (χ1v) is 9.14. The Balaban J connectivity index is 1.72. The van der Waals surface area contributed by atoms with E-state index in [4.69, 9.17) is 9.47 Å². The van der Waals surface area contributed by atoms with Crippen molar-refractivity contribution in [2.24, 2.45) is 0 Å². The maximum atomic E-state index is 13.3. The number of carbonyl (C=O) groups is 1. The molecule has 1 fully saturated rings. The van der Waals surface area contributed by atoms with E-state index in [9.17, 15) is 9.59 Å². The predicted octanol–water partition coefficient (Wildman–Crippen LogP) is 2.92. The number of H-pyrrole nitrogens is 1. The molecule has 3 aromatic rings. The summed E-state index contributed by atoms with van der Waals surface area (Å²) in [6, 6.07) is 12.7. The van der Waals surface area contributed by atoms with Gasteiger partial charge in [0.25, 0.3) is 11.5 Å². The van der Waals surface area contributed by atoms with Crippen LogP contribution in [0.15, 0.2) is 47.3 Å². The van der Waals surface area contributed by atoms with E-state index in [0.717, 1.165) is 18.4 Å².